The van der Waals surface area contributed by atoms with Gasteiger partial charge in [0.2, 0.25) is 5.91 Å². The molecule has 2 aromatic rings. The third-order valence-electron chi connectivity index (χ3n) is 6.43. The lowest BCUT2D eigenvalue weighted by Crippen LogP contribution is -2.46. The molecule has 37 heavy (non-hydrogen) atoms. The molecule has 0 radical (unpaired) electrons. The Morgan fingerprint density at radius 3 is 2.41 bits per heavy atom. The van der Waals surface area contributed by atoms with Gasteiger partial charge >= 0.3 is 12.3 Å². The second-order valence-corrected chi connectivity index (χ2v) is 10.3. The fourth-order valence-corrected chi connectivity index (χ4v) is 4.83. The van der Waals surface area contributed by atoms with Crippen molar-refractivity contribution in [2.45, 2.75) is 63.6 Å². The molecule has 2 aliphatic heterocycles. The zero-order valence-corrected chi connectivity index (χ0v) is 21.0. The molecule has 0 aromatic heterocycles. The molecule has 10 heteroatoms. The molecular weight excluding hydrogens is 487 g/mol. The van der Waals surface area contributed by atoms with Crippen LogP contribution in [0.4, 0.5) is 23.7 Å². The fraction of sp³-hybridized carbons (Fsp3) is 0.481. The van der Waals surface area contributed by atoms with E-state index in [9.17, 15) is 22.8 Å². The van der Waals surface area contributed by atoms with Gasteiger partial charge in [0.25, 0.3) is 0 Å². The highest BCUT2D eigenvalue weighted by Crippen LogP contribution is 2.51. The minimum atomic E-state index is -4.49. The van der Waals surface area contributed by atoms with E-state index in [1.165, 1.54) is 6.07 Å². The molecule has 200 valence electrons. The number of fused-ring (bicyclic) bond motifs is 3. The lowest BCUT2D eigenvalue weighted by Gasteiger charge is -2.45. The molecule has 4 rings (SSSR count). The summed E-state index contributed by atoms with van der Waals surface area (Å²) in [6, 6.07) is 13.1. The highest BCUT2D eigenvalue weighted by Gasteiger charge is 2.45. The molecule has 2 heterocycles. The molecule has 4 atom stereocenters. The van der Waals surface area contributed by atoms with Crippen molar-refractivity contribution in [2.75, 3.05) is 18.4 Å². The lowest BCUT2D eigenvalue weighted by molar-refractivity contribution is -0.149. The van der Waals surface area contributed by atoms with E-state index < -0.39 is 35.6 Å². The number of nitrogens with one attached hydrogen (secondary N) is 3. The Balaban J connectivity index is 1.47. The van der Waals surface area contributed by atoms with Crippen LogP contribution in [0.5, 0.6) is 0 Å². The third kappa shape index (κ3) is 6.54. The first kappa shape index (κ1) is 26.8. The fourth-order valence-electron chi connectivity index (χ4n) is 4.83. The number of alkyl carbamates (subject to hydrolysis) is 1. The number of ether oxygens (including phenoxy) is 2. The van der Waals surface area contributed by atoms with Crippen molar-refractivity contribution in [1.82, 2.24) is 10.6 Å². The van der Waals surface area contributed by atoms with Crippen LogP contribution in [0.2, 0.25) is 0 Å². The molecule has 7 nitrogen and oxygen atoms in total. The van der Waals surface area contributed by atoms with Crippen LogP contribution in [0, 0.1) is 5.92 Å². The van der Waals surface area contributed by atoms with Crippen LogP contribution in [0.3, 0.4) is 0 Å². The van der Waals surface area contributed by atoms with Gasteiger partial charge in [-0.3, -0.25) is 4.79 Å². The second-order valence-electron chi connectivity index (χ2n) is 10.3. The van der Waals surface area contributed by atoms with E-state index in [2.05, 4.69) is 16.0 Å². The first-order valence-corrected chi connectivity index (χ1v) is 12.3. The lowest BCUT2D eigenvalue weighted by atomic mass is 9.76. The maximum Gasteiger partial charge on any atom is 0.416 e. The van der Waals surface area contributed by atoms with Crippen LogP contribution in [-0.2, 0) is 20.4 Å². The van der Waals surface area contributed by atoms with Gasteiger partial charge in [-0.05, 0) is 57.4 Å². The van der Waals surface area contributed by atoms with E-state index >= 15 is 0 Å². The van der Waals surface area contributed by atoms with E-state index in [-0.39, 0.29) is 31.0 Å². The molecular formula is C27H32F3N3O4. The molecule has 0 bridgehead atoms. The van der Waals surface area contributed by atoms with E-state index in [4.69, 9.17) is 9.47 Å². The Hall–Kier alpha value is -3.27. The summed E-state index contributed by atoms with van der Waals surface area (Å²) in [5.74, 6) is -0.524. The van der Waals surface area contributed by atoms with Gasteiger partial charge in [0.1, 0.15) is 11.7 Å². The number of hydrogen-bond acceptors (Lipinski definition) is 5. The molecule has 0 spiro atoms. The van der Waals surface area contributed by atoms with Gasteiger partial charge in [-0.15, -0.1) is 0 Å². The number of rotatable bonds is 5. The molecule has 2 amide bonds. The van der Waals surface area contributed by atoms with Crippen molar-refractivity contribution in [1.29, 1.82) is 0 Å². The SMILES string of the molecule is CC(C)(C)OC(=O)NCCNC(=O)[C@H]1CC[C@@H]2[C@H](O1)c1cc(C(F)(F)F)ccc1N[C@H]2c1ccccc1. The molecule has 2 aliphatic rings. The molecule has 1 saturated heterocycles. The van der Waals surface area contributed by atoms with Gasteiger partial charge < -0.3 is 25.4 Å². The second kappa shape index (κ2) is 10.6. The van der Waals surface area contributed by atoms with Crippen LogP contribution < -0.4 is 16.0 Å². The zero-order valence-electron chi connectivity index (χ0n) is 21.0. The smallest absolute Gasteiger partial charge is 0.416 e. The van der Waals surface area contributed by atoms with Gasteiger partial charge in [0.15, 0.2) is 0 Å². The van der Waals surface area contributed by atoms with Crippen LogP contribution in [-0.4, -0.2) is 36.8 Å². The first-order valence-electron chi connectivity index (χ1n) is 12.3. The summed E-state index contributed by atoms with van der Waals surface area (Å²) in [6.45, 7) is 5.58. The standard InChI is InChI=1S/C27H32F3N3O4/c1-26(2,3)37-25(35)32-14-13-31-24(34)21-12-10-18-22(16-7-5-4-6-8-16)33-20-11-9-17(27(28,29)30)15-19(20)23(18)36-21/h4-9,11,15,18,21-23,33H,10,12-14H2,1-3H3,(H,31,34)(H,32,35)/t18-,21+,22-,23-/m0/s1. The summed E-state index contributed by atoms with van der Waals surface area (Å²) < 4.78 is 51.8. The molecule has 2 aromatic carbocycles. The minimum absolute atomic E-state index is 0.156. The van der Waals surface area contributed by atoms with Gasteiger partial charge in [-0.2, -0.15) is 13.2 Å². The Bertz CT molecular complexity index is 1120. The van der Waals surface area contributed by atoms with Gasteiger partial charge in [0.05, 0.1) is 17.7 Å². The summed E-state index contributed by atoms with van der Waals surface area (Å²) in [4.78, 5) is 24.6. The number of hydrogen-bond donors (Lipinski definition) is 3. The predicted molar refractivity (Wildman–Crippen MR) is 132 cm³/mol. The predicted octanol–water partition coefficient (Wildman–Crippen LogP) is 5.35. The van der Waals surface area contributed by atoms with Crippen LogP contribution in [0.1, 0.15) is 62.4 Å². The summed E-state index contributed by atoms with van der Waals surface area (Å²) in [6.07, 6.45) is -5.58. The summed E-state index contributed by atoms with van der Waals surface area (Å²) in [5.41, 5.74) is 0.576. The highest BCUT2D eigenvalue weighted by molar-refractivity contribution is 5.81. The van der Waals surface area contributed by atoms with Crippen LogP contribution in [0.15, 0.2) is 48.5 Å². The number of carbonyl (C=O) groups excluding carboxylic acids is 2. The maximum absolute atomic E-state index is 13.5. The Labute approximate surface area is 214 Å². The molecule has 0 saturated carbocycles. The van der Waals surface area contributed by atoms with E-state index in [0.29, 0.717) is 24.1 Å². The highest BCUT2D eigenvalue weighted by atomic mass is 19.4. The quantitative estimate of drug-likeness (QED) is 0.464. The number of halogens is 3. The Morgan fingerprint density at radius 1 is 1.03 bits per heavy atom. The average molecular weight is 520 g/mol. The van der Waals surface area contributed by atoms with E-state index in [1.54, 1.807) is 20.8 Å². The van der Waals surface area contributed by atoms with Gasteiger partial charge in [-0.25, -0.2) is 4.79 Å². The number of benzene rings is 2. The summed E-state index contributed by atoms with van der Waals surface area (Å²) >= 11 is 0. The molecule has 0 unspecified atom stereocenters. The van der Waals surface area contributed by atoms with Crippen molar-refractivity contribution in [2.24, 2.45) is 5.92 Å². The monoisotopic (exact) mass is 519 g/mol. The van der Waals surface area contributed by atoms with E-state index in [0.717, 1.165) is 17.7 Å². The first-order chi connectivity index (χ1) is 17.4. The molecule has 0 aliphatic carbocycles. The number of anilines is 1. The Kier molecular flexibility index (Phi) is 7.68. The van der Waals surface area contributed by atoms with Crippen LogP contribution in [0.25, 0.3) is 0 Å². The normalized spacial score (nSPS) is 23.2. The number of amides is 2. The summed E-state index contributed by atoms with van der Waals surface area (Å²) in [5, 5.41) is 8.71. The third-order valence-corrected chi connectivity index (χ3v) is 6.43. The molecule has 3 N–H and O–H groups in total. The maximum atomic E-state index is 13.5. The van der Waals surface area contributed by atoms with Crippen molar-refractivity contribution < 1.29 is 32.2 Å². The zero-order chi connectivity index (χ0) is 26.8. The van der Waals surface area contributed by atoms with Crippen molar-refractivity contribution in [3.8, 4) is 0 Å². The largest absolute Gasteiger partial charge is 0.444 e. The van der Waals surface area contributed by atoms with Crippen LogP contribution >= 0.6 is 0 Å². The van der Waals surface area contributed by atoms with Crippen molar-refractivity contribution in [3.63, 3.8) is 0 Å². The molecule has 1 fully saturated rings. The van der Waals surface area contributed by atoms with Gasteiger partial charge in [0, 0.05) is 30.3 Å². The topological polar surface area (TPSA) is 88.7 Å². The van der Waals surface area contributed by atoms with Crippen molar-refractivity contribution >= 4 is 17.7 Å². The Morgan fingerprint density at radius 2 is 1.73 bits per heavy atom. The summed E-state index contributed by atoms with van der Waals surface area (Å²) in [7, 11) is 0. The average Bonchev–Trinajstić information content (AvgIpc) is 2.84. The minimum Gasteiger partial charge on any atom is -0.444 e. The van der Waals surface area contributed by atoms with E-state index in [1.807, 2.05) is 30.3 Å². The van der Waals surface area contributed by atoms with Crippen molar-refractivity contribution in [3.05, 3.63) is 65.2 Å². The number of alkyl halides is 3. The number of carbonyl (C=O) groups is 2. The van der Waals surface area contributed by atoms with Gasteiger partial charge in [-0.1, -0.05) is 30.3 Å².